The van der Waals surface area contributed by atoms with E-state index in [-0.39, 0.29) is 12.2 Å². The lowest BCUT2D eigenvalue weighted by molar-refractivity contribution is 0.0360. The molecule has 0 aliphatic rings. The van der Waals surface area contributed by atoms with Crippen molar-refractivity contribution in [3.63, 3.8) is 0 Å². The Kier molecular flexibility index (Phi) is 6.26. The van der Waals surface area contributed by atoms with Gasteiger partial charge in [-0.3, -0.25) is 9.36 Å². The van der Waals surface area contributed by atoms with Crippen molar-refractivity contribution in [2.45, 2.75) is 0 Å². The molecule has 8 nitrogen and oxygen atoms in total. The molecule has 0 bridgehead atoms. The van der Waals surface area contributed by atoms with Crippen molar-refractivity contribution in [3.8, 4) is 0 Å². The highest BCUT2D eigenvalue weighted by Crippen LogP contribution is 2.09. The summed E-state index contributed by atoms with van der Waals surface area (Å²) >= 11 is 0. The van der Waals surface area contributed by atoms with Gasteiger partial charge in [-0.1, -0.05) is 0 Å². The van der Waals surface area contributed by atoms with E-state index in [0.717, 1.165) is 5.39 Å². The summed E-state index contributed by atoms with van der Waals surface area (Å²) in [6, 6.07) is 3.20. The Morgan fingerprint density at radius 1 is 1.23 bits per heavy atom. The highest BCUT2D eigenvalue weighted by atomic mass is 16.5. The van der Waals surface area contributed by atoms with Crippen LogP contribution in [0.25, 0.3) is 11.0 Å². The summed E-state index contributed by atoms with van der Waals surface area (Å²) in [4.78, 5) is 20.1. The molecule has 0 saturated heterocycles. The number of pyridine rings is 1. The quantitative estimate of drug-likeness (QED) is 0.617. The monoisotopic (exact) mass is 308 g/mol. The largest absolute Gasteiger partial charge is 0.394 e. The van der Waals surface area contributed by atoms with E-state index in [1.54, 1.807) is 19.3 Å². The first-order valence-electron chi connectivity index (χ1n) is 7.05. The maximum atomic E-state index is 11.6. The summed E-state index contributed by atoms with van der Waals surface area (Å²) in [5.74, 6) is 0.453. The minimum absolute atomic E-state index is 0.0172. The van der Waals surface area contributed by atoms with Crippen LogP contribution < -0.4 is 10.9 Å². The molecular formula is C14H20N4O4. The van der Waals surface area contributed by atoms with Crippen LogP contribution in [0.1, 0.15) is 0 Å². The van der Waals surface area contributed by atoms with Crippen LogP contribution in [0.2, 0.25) is 0 Å². The highest BCUT2D eigenvalue weighted by Gasteiger charge is 2.03. The molecule has 0 aliphatic heterocycles. The zero-order chi connectivity index (χ0) is 15.8. The van der Waals surface area contributed by atoms with E-state index in [1.165, 1.54) is 10.6 Å². The van der Waals surface area contributed by atoms with Gasteiger partial charge in [-0.25, -0.2) is 4.98 Å². The van der Waals surface area contributed by atoms with E-state index in [0.29, 0.717) is 44.6 Å². The molecule has 2 aromatic heterocycles. The van der Waals surface area contributed by atoms with Gasteiger partial charge >= 0.3 is 0 Å². The molecule has 0 aromatic carbocycles. The maximum absolute atomic E-state index is 11.6. The van der Waals surface area contributed by atoms with Crippen molar-refractivity contribution >= 4 is 17.0 Å². The summed E-state index contributed by atoms with van der Waals surface area (Å²) in [7, 11) is 1.68. The number of anilines is 1. The molecule has 0 unspecified atom stereocenters. The van der Waals surface area contributed by atoms with Crippen LogP contribution in [0.5, 0.6) is 0 Å². The number of hydrogen-bond donors (Lipinski definition) is 2. The molecule has 0 amide bonds. The fourth-order valence-corrected chi connectivity index (χ4v) is 1.85. The molecule has 2 N–H and O–H groups in total. The third kappa shape index (κ3) is 4.48. The van der Waals surface area contributed by atoms with E-state index >= 15 is 0 Å². The number of aliphatic hydroxyl groups is 1. The molecule has 120 valence electrons. The first-order valence-corrected chi connectivity index (χ1v) is 7.05. The number of aliphatic hydroxyl groups excluding tert-OH is 1. The van der Waals surface area contributed by atoms with Gasteiger partial charge in [-0.2, -0.15) is 4.98 Å². The van der Waals surface area contributed by atoms with Crippen LogP contribution in [0, 0.1) is 0 Å². The van der Waals surface area contributed by atoms with Crippen LogP contribution >= 0.6 is 0 Å². The minimum Gasteiger partial charge on any atom is -0.394 e. The molecule has 2 heterocycles. The molecule has 0 aliphatic carbocycles. The molecule has 0 saturated carbocycles. The molecule has 8 heteroatoms. The molecule has 0 atom stereocenters. The van der Waals surface area contributed by atoms with Gasteiger partial charge in [-0.05, 0) is 6.07 Å². The number of nitrogens with zero attached hydrogens (tertiary/aromatic N) is 3. The number of hydrogen-bond acceptors (Lipinski definition) is 7. The molecular weight excluding hydrogens is 288 g/mol. The zero-order valence-electron chi connectivity index (χ0n) is 12.5. The lowest BCUT2D eigenvalue weighted by atomic mass is 10.3. The maximum Gasteiger partial charge on any atom is 0.251 e. The topological polar surface area (TPSA) is 98.5 Å². The van der Waals surface area contributed by atoms with Gasteiger partial charge in [0.15, 0.2) is 0 Å². The lowest BCUT2D eigenvalue weighted by Gasteiger charge is -2.08. The fraction of sp³-hybridized carbons (Fsp3) is 0.500. The predicted octanol–water partition coefficient (Wildman–Crippen LogP) is -0.234. The van der Waals surface area contributed by atoms with Crippen molar-refractivity contribution in [1.29, 1.82) is 0 Å². The Hall–Kier alpha value is -2.03. The Morgan fingerprint density at radius 3 is 2.77 bits per heavy atom. The van der Waals surface area contributed by atoms with Gasteiger partial charge in [0.1, 0.15) is 5.65 Å². The Balaban J connectivity index is 1.80. The van der Waals surface area contributed by atoms with E-state index < -0.39 is 0 Å². The van der Waals surface area contributed by atoms with E-state index in [9.17, 15) is 4.79 Å². The number of nitrogens with one attached hydrogen (secondary N) is 1. The van der Waals surface area contributed by atoms with Gasteiger partial charge in [-0.15, -0.1) is 0 Å². The van der Waals surface area contributed by atoms with Gasteiger partial charge in [0.05, 0.1) is 33.0 Å². The van der Waals surface area contributed by atoms with Crippen LogP contribution in [0.4, 0.5) is 5.95 Å². The second kappa shape index (κ2) is 8.42. The zero-order valence-corrected chi connectivity index (χ0v) is 12.5. The normalized spacial score (nSPS) is 11.0. The third-order valence-corrected chi connectivity index (χ3v) is 2.99. The average molecular weight is 308 g/mol. The lowest BCUT2D eigenvalue weighted by Crippen LogP contribution is -2.18. The van der Waals surface area contributed by atoms with Gasteiger partial charge in [0, 0.05) is 31.2 Å². The summed E-state index contributed by atoms with van der Waals surface area (Å²) in [5, 5.41) is 12.4. The number of rotatable bonds is 9. The van der Waals surface area contributed by atoms with Gasteiger partial charge in [0.2, 0.25) is 5.95 Å². The van der Waals surface area contributed by atoms with Crippen molar-refractivity contribution < 1.29 is 14.6 Å². The smallest absolute Gasteiger partial charge is 0.251 e. The van der Waals surface area contributed by atoms with Crippen molar-refractivity contribution in [1.82, 2.24) is 14.5 Å². The average Bonchev–Trinajstić information content (AvgIpc) is 2.54. The van der Waals surface area contributed by atoms with Crippen LogP contribution in [-0.4, -0.2) is 59.2 Å². The first-order chi connectivity index (χ1) is 10.7. The molecule has 22 heavy (non-hydrogen) atoms. The van der Waals surface area contributed by atoms with Gasteiger partial charge in [0.25, 0.3) is 5.56 Å². The molecule has 0 fully saturated rings. The minimum atomic E-state index is -0.108. The summed E-state index contributed by atoms with van der Waals surface area (Å²) in [6.45, 7) is 2.29. The van der Waals surface area contributed by atoms with Crippen molar-refractivity contribution in [2.24, 2.45) is 7.05 Å². The standard InChI is InChI=1S/C14H20N4O4/c1-18-12(20)3-2-11-10-16-14(17-13(11)18)15-4-6-21-8-9-22-7-5-19/h2-3,10,19H,4-9H2,1H3,(H,15,16,17). The predicted molar refractivity (Wildman–Crippen MR) is 82.0 cm³/mol. The second-order valence-electron chi connectivity index (χ2n) is 4.58. The highest BCUT2D eigenvalue weighted by molar-refractivity contribution is 5.74. The first kappa shape index (κ1) is 16.3. The second-order valence-corrected chi connectivity index (χ2v) is 4.58. The molecule has 0 radical (unpaired) electrons. The van der Waals surface area contributed by atoms with Crippen LogP contribution in [0.15, 0.2) is 23.1 Å². The van der Waals surface area contributed by atoms with Crippen molar-refractivity contribution in [2.75, 3.05) is 44.9 Å². The number of fused-ring (bicyclic) bond motifs is 1. The molecule has 2 aromatic rings. The third-order valence-electron chi connectivity index (χ3n) is 2.99. The molecule has 2 rings (SSSR count). The van der Waals surface area contributed by atoms with E-state index in [4.69, 9.17) is 14.6 Å². The summed E-state index contributed by atoms with van der Waals surface area (Å²) in [6.07, 6.45) is 1.67. The Morgan fingerprint density at radius 2 is 2.00 bits per heavy atom. The number of aryl methyl sites for hydroxylation is 1. The number of ether oxygens (including phenoxy) is 2. The van der Waals surface area contributed by atoms with E-state index in [2.05, 4.69) is 15.3 Å². The summed E-state index contributed by atoms with van der Waals surface area (Å²) < 4.78 is 11.9. The van der Waals surface area contributed by atoms with E-state index in [1.807, 2.05) is 0 Å². The SMILES string of the molecule is Cn1c(=O)ccc2cnc(NCCOCCOCCO)nc21. The van der Waals surface area contributed by atoms with Gasteiger partial charge < -0.3 is 19.9 Å². The Labute approximate surface area is 127 Å². The molecule has 0 spiro atoms. The van der Waals surface area contributed by atoms with Crippen LogP contribution in [-0.2, 0) is 16.5 Å². The fourth-order valence-electron chi connectivity index (χ4n) is 1.85. The Bertz CT molecular complexity index is 659. The summed E-state index contributed by atoms with van der Waals surface area (Å²) in [5.41, 5.74) is 0.478. The number of aromatic nitrogens is 3. The van der Waals surface area contributed by atoms with Crippen molar-refractivity contribution in [3.05, 3.63) is 28.7 Å². The van der Waals surface area contributed by atoms with Crippen LogP contribution in [0.3, 0.4) is 0 Å².